The molecule has 0 unspecified atom stereocenters. The van der Waals surface area contributed by atoms with E-state index in [2.05, 4.69) is 0 Å². The number of hydrogen-bond donors (Lipinski definition) is 0. The number of ketones is 2. The van der Waals surface area contributed by atoms with E-state index in [1.807, 2.05) is 4.90 Å². The van der Waals surface area contributed by atoms with E-state index in [1.54, 1.807) is 12.2 Å². The van der Waals surface area contributed by atoms with Crippen molar-refractivity contribution < 1.29 is 14.3 Å². The van der Waals surface area contributed by atoms with E-state index in [1.165, 1.54) is 6.08 Å². The summed E-state index contributed by atoms with van der Waals surface area (Å²) >= 11 is 0. The maximum absolute atomic E-state index is 11.5. The summed E-state index contributed by atoms with van der Waals surface area (Å²) < 4.78 is 5.17. The van der Waals surface area contributed by atoms with Crippen LogP contribution in [0.2, 0.25) is 0 Å². The molecule has 1 heterocycles. The Balaban J connectivity index is 2.16. The number of morpholine rings is 1. The van der Waals surface area contributed by atoms with Crippen LogP contribution in [0.25, 0.3) is 0 Å². The summed E-state index contributed by atoms with van der Waals surface area (Å²) in [5.41, 5.74) is 0.501. The van der Waals surface area contributed by atoms with E-state index in [4.69, 9.17) is 4.74 Å². The molecule has 0 aromatic carbocycles. The molecule has 0 saturated carbocycles. The van der Waals surface area contributed by atoms with Gasteiger partial charge in [-0.1, -0.05) is 6.08 Å². The molecular weight excluding hydrogens is 182 g/mol. The van der Waals surface area contributed by atoms with Gasteiger partial charge in [0.25, 0.3) is 0 Å². The largest absolute Gasteiger partial charge is 0.378 e. The molecule has 1 saturated heterocycles. The van der Waals surface area contributed by atoms with Gasteiger partial charge < -0.3 is 9.64 Å². The van der Waals surface area contributed by atoms with Crippen LogP contribution >= 0.6 is 0 Å². The van der Waals surface area contributed by atoms with E-state index in [0.717, 1.165) is 0 Å². The molecule has 4 heteroatoms. The number of hydrogen-bond acceptors (Lipinski definition) is 4. The summed E-state index contributed by atoms with van der Waals surface area (Å²) in [6, 6.07) is 0. The molecule has 0 spiro atoms. The molecule has 0 N–H and O–H groups in total. The fourth-order valence-electron chi connectivity index (χ4n) is 1.56. The fourth-order valence-corrected chi connectivity index (χ4v) is 1.56. The Kier molecular flexibility index (Phi) is 2.45. The van der Waals surface area contributed by atoms with E-state index in [-0.39, 0.29) is 0 Å². The molecule has 0 amide bonds. The fraction of sp³-hybridized carbons (Fsp3) is 0.400. The number of carbonyl (C=O) groups excluding carboxylic acids is 2. The first-order valence-electron chi connectivity index (χ1n) is 4.59. The first kappa shape index (κ1) is 9.15. The molecule has 74 valence electrons. The average Bonchev–Trinajstić information content (AvgIpc) is 2.23. The van der Waals surface area contributed by atoms with E-state index < -0.39 is 11.6 Å². The molecule has 2 rings (SSSR count). The Morgan fingerprint density at radius 1 is 1.21 bits per heavy atom. The first-order valence-corrected chi connectivity index (χ1v) is 4.59. The van der Waals surface area contributed by atoms with Gasteiger partial charge in [0.15, 0.2) is 0 Å². The molecule has 0 radical (unpaired) electrons. The van der Waals surface area contributed by atoms with Crippen LogP contribution in [-0.2, 0) is 14.3 Å². The number of carbonyl (C=O) groups is 2. The van der Waals surface area contributed by atoms with Crippen LogP contribution in [0.15, 0.2) is 23.9 Å². The van der Waals surface area contributed by atoms with Gasteiger partial charge in [0.2, 0.25) is 11.6 Å². The molecule has 1 aliphatic carbocycles. The topological polar surface area (TPSA) is 46.6 Å². The SMILES string of the molecule is O=C1C=CC=C(N2CCOCC2)C1=O. The number of Topliss-reactive ketones (excluding diaryl/α,β-unsaturated/α-hetero) is 1. The minimum absolute atomic E-state index is 0.408. The smallest absolute Gasteiger partial charge is 0.248 e. The Morgan fingerprint density at radius 3 is 2.64 bits per heavy atom. The average molecular weight is 193 g/mol. The van der Waals surface area contributed by atoms with Crippen molar-refractivity contribution in [3.63, 3.8) is 0 Å². The summed E-state index contributed by atoms with van der Waals surface area (Å²) in [7, 11) is 0. The third kappa shape index (κ3) is 1.61. The minimum atomic E-state index is -0.436. The maximum atomic E-state index is 11.5. The van der Waals surface area contributed by atoms with Crippen LogP contribution < -0.4 is 0 Å². The van der Waals surface area contributed by atoms with Gasteiger partial charge in [-0.15, -0.1) is 0 Å². The highest BCUT2D eigenvalue weighted by Crippen LogP contribution is 2.12. The van der Waals surface area contributed by atoms with E-state index in [9.17, 15) is 9.59 Å². The monoisotopic (exact) mass is 193 g/mol. The van der Waals surface area contributed by atoms with Crippen molar-refractivity contribution in [1.82, 2.24) is 4.90 Å². The predicted molar refractivity (Wildman–Crippen MR) is 49.6 cm³/mol. The minimum Gasteiger partial charge on any atom is -0.378 e. The molecule has 0 bridgehead atoms. The van der Waals surface area contributed by atoms with Crippen molar-refractivity contribution in [3.05, 3.63) is 23.9 Å². The van der Waals surface area contributed by atoms with Gasteiger partial charge in [0.1, 0.15) is 0 Å². The van der Waals surface area contributed by atoms with Gasteiger partial charge in [-0.3, -0.25) is 9.59 Å². The van der Waals surface area contributed by atoms with Crippen molar-refractivity contribution in [3.8, 4) is 0 Å². The molecular formula is C10H11NO3. The maximum Gasteiger partial charge on any atom is 0.248 e. The molecule has 14 heavy (non-hydrogen) atoms. The lowest BCUT2D eigenvalue weighted by Crippen LogP contribution is -2.40. The standard InChI is InChI=1S/C10H11NO3/c12-9-3-1-2-8(10(9)13)11-4-6-14-7-5-11/h1-3H,4-7H2. The molecule has 4 nitrogen and oxygen atoms in total. The number of nitrogens with zero attached hydrogens (tertiary/aromatic N) is 1. The van der Waals surface area contributed by atoms with E-state index >= 15 is 0 Å². The zero-order valence-corrected chi connectivity index (χ0v) is 7.73. The van der Waals surface area contributed by atoms with Crippen molar-refractivity contribution in [2.45, 2.75) is 0 Å². The third-order valence-corrected chi connectivity index (χ3v) is 2.31. The van der Waals surface area contributed by atoms with Gasteiger partial charge in [-0.25, -0.2) is 0 Å². The van der Waals surface area contributed by atoms with Gasteiger partial charge in [0.05, 0.1) is 18.9 Å². The normalized spacial score (nSPS) is 22.6. The van der Waals surface area contributed by atoms with Crippen LogP contribution in [-0.4, -0.2) is 42.8 Å². The Hall–Kier alpha value is -1.42. The van der Waals surface area contributed by atoms with Crippen LogP contribution in [0.1, 0.15) is 0 Å². The molecule has 1 fully saturated rings. The van der Waals surface area contributed by atoms with Crippen molar-refractivity contribution >= 4 is 11.6 Å². The summed E-state index contributed by atoms with van der Waals surface area (Å²) in [4.78, 5) is 24.5. The number of ether oxygens (including phenoxy) is 1. The molecule has 0 atom stereocenters. The van der Waals surface area contributed by atoms with Crippen LogP contribution in [0.4, 0.5) is 0 Å². The first-order chi connectivity index (χ1) is 6.79. The van der Waals surface area contributed by atoms with Crippen LogP contribution in [0.3, 0.4) is 0 Å². The van der Waals surface area contributed by atoms with Crippen LogP contribution in [0, 0.1) is 0 Å². The molecule has 2 aliphatic rings. The molecule has 0 aromatic rings. The second kappa shape index (κ2) is 3.75. The quantitative estimate of drug-likeness (QED) is 0.431. The van der Waals surface area contributed by atoms with Crippen LogP contribution in [0.5, 0.6) is 0 Å². The van der Waals surface area contributed by atoms with Gasteiger partial charge in [-0.2, -0.15) is 0 Å². The van der Waals surface area contributed by atoms with Crippen molar-refractivity contribution in [1.29, 1.82) is 0 Å². The summed E-state index contributed by atoms with van der Waals surface area (Å²) in [6.45, 7) is 2.59. The highest BCUT2D eigenvalue weighted by atomic mass is 16.5. The van der Waals surface area contributed by atoms with Crippen molar-refractivity contribution in [2.24, 2.45) is 0 Å². The lowest BCUT2D eigenvalue weighted by molar-refractivity contribution is -0.132. The lowest BCUT2D eigenvalue weighted by atomic mass is 10.1. The second-order valence-electron chi connectivity index (χ2n) is 3.20. The zero-order valence-electron chi connectivity index (χ0n) is 7.73. The summed E-state index contributed by atoms with van der Waals surface area (Å²) in [5.74, 6) is -0.844. The second-order valence-corrected chi connectivity index (χ2v) is 3.20. The predicted octanol–water partition coefficient (Wildman–Crippen LogP) is -0.0895. The summed E-state index contributed by atoms with van der Waals surface area (Å²) in [6.07, 6.45) is 4.61. The molecule has 0 aromatic heterocycles. The Bertz CT molecular complexity index is 324. The van der Waals surface area contributed by atoms with Gasteiger partial charge in [-0.05, 0) is 12.2 Å². The number of allylic oxidation sites excluding steroid dienone is 4. The number of rotatable bonds is 1. The van der Waals surface area contributed by atoms with Gasteiger partial charge in [0, 0.05) is 13.1 Å². The van der Waals surface area contributed by atoms with E-state index in [0.29, 0.717) is 32.0 Å². The molecule has 1 aliphatic heterocycles. The Morgan fingerprint density at radius 2 is 1.93 bits per heavy atom. The highest BCUT2D eigenvalue weighted by molar-refractivity contribution is 6.47. The van der Waals surface area contributed by atoms with Crippen molar-refractivity contribution in [2.75, 3.05) is 26.3 Å². The van der Waals surface area contributed by atoms with Gasteiger partial charge >= 0.3 is 0 Å². The highest BCUT2D eigenvalue weighted by Gasteiger charge is 2.25. The third-order valence-electron chi connectivity index (χ3n) is 2.31. The zero-order chi connectivity index (χ0) is 9.97. The Labute approximate surface area is 81.8 Å². The summed E-state index contributed by atoms with van der Waals surface area (Å²) in [5, 5.41) is 0. The lowest BCUT2D eigenvalue weighted by Gasteiger charge is -2.30.